The topological polar surface area (TPSA) is 0 Å². The van der Waals surface area contributed by atoms with Crippen LogP contribution < -0.4 is 0 Å². The highest BCUT2D eigenvalue weighted by Crippen LogP contribution is 2.59. The van der Waals surface area contributed by atoms with Crippen LogP contribution in [-0.2, 0) is 0 Å². The first kappa shape index (κ1) is 24.4. The molecule has 0 amide bonds. The van der Waals surface area contributed by atoms with E-state index in [4.69, 9.17) is 0 Å². The van der Waals surface area contributed by atoms with E-state index in [0.717, 1.165) is 0 Å². The lowest BCUT2D eigenvalue weighted by Gasteiger charge is -2.24. The smallest absolute Gasteiger partial charge is 0.00296 e. The molecule has 7 aromatic rings. The molecule has 202 valence electrons. The van der Waals surface area contributed by atoms with Gasteiger partial charge < -0.3 is 0 Å². The molecule has 9 rings (SSSR count). The molecule has 2 atom stereocenters. The Balaban J connectivity index is 1.23. The number of rotatable bonds is 4. The molecular formula is C43H30. The Bertz CT molecular complexity index is 2190. The van der Waals surface area contributed by atoms with E-state index in [9.17, 15) is 0 Å². The van der Waals surface area contributed by atoms with Crippen molar-refractivity contribution in [2.75, 3.05) is 0 Å². The Morgan fingerprint density at radius 1 is 0.442 bits per heavy atom. The second-order valence-corrected chi connectivity index (χ2v) is 12.0. The molecule has 0 radical (unpaired) electrons. The quantitative estimate of drug-likeness (QED) is 0.206. The van der Waals surface area contributed by atoms with Gasteiger partial charge in [0.1, 0.15) is 0 Å². The maximum absolute atomic E-state index is 2.46. The summed E-state index contributed by atoms with van der Waals surface area (Å²) in [5.41, 5.74) is 13.3. The van der Waals surface area contributed by atoms with Gasteiger partial charge in [-0.2, -0.15) is 0 Å². The molecular weight excluding hydrogens is 516 g/mol. The lowest BCUT2D eigenvalue weighted by atomic mass is 9.79. The zero-order chi connectivity index (χ0) is 28.3. The molecule has 2 aliphatic rings. The van der Waals surface area contributed by atoms with Gasteiger partial charge in [0.05, 0.1) is 0 Å². The van der Waals surface area contributed by atoms with Crippen LogP contribution in [0.3, 0.4) is 0 Å². The van der Waals surface area contributed by atoms with E-state index in [1.165, 1.54) is 83.6 Å². The van der Waals surface area contributed by atoms with Crippen molar-refractivity contribution in [3.63, 3.8) is 0 Å². The van der Waals surface area contributed by atoms with E-state index in [2.05, 4.69) is 158 Å². The summed E-state index contributed by atoms with van der Waals surface area (Å²) in [6.07, 6.45) is 6.13. The van der Waals surface area contributed by atoms with E-state index in [-0.39, 0.29) is 0 Å². The summed E-state index contributed by atoms with van der Waals surface area (Å²) < 4.78 is 0. The van der Waals surface area contributed by atoms with Gasteiger partial charge in [-0.25, -0.2) is 0 Å². The van der Waals surface area contributed by atoms with Crippen molar-refractivity contribution in [2.45, 2.75) is 12.3 Å². The van der Waals surface area contributed by atoms with E-state index in [1.807, 2.05) is 0 Å². The van der Waals surface area contributed by atoms with E-state index >= 15 is 0 Å². The second kappa shape index (κ2) is 9.68. The van der Waals surface area contributed by atoms with Crippen LogP contribution in [0.25, 0.3) is 72.1 Å². The third-order valence-corrected chi connectivity index (χ3v) is 9.55. The summed E-state index contributed by atoms with van der Waals surface area (Å²) in [6.45, 7) is 0. The van der Waals surface area contributed by atoms with Crippen molar-refractivity contribution in [1.29, 1.82) is 0 Å². The molecule has 2 aliphatic carbocycles. The van der Waals surface area contributed by atoms with E-state index in [0.29, 0.717) is 11.8 Å². The van der Waals surface area contributed by atoms with Gasteiger partial charge in [-0.3, -0.25) is 0 Å². The Kier molecular flexibility index (Phi) is 5.49. The largest absolute Gasteiger partial charge is 0.0802 e. The summed E-state index contributed by atoms with van der Waals surface area (Å²) in [4.78, 5) is 0. The summed E-state index contributed by atoms with van der Waals surface area (Å²) >= 11 is 0. The molecule has 1 fully saturated rings. The predicted octanol–water partition coefficient (Wildman–Crippen LogP) is 11.8. The standard InChI is InChI=1S/C43H30/c1-2-10-28(11-3-1)32-14-8-15-33(26-32)29-20-22-31(23-21-29)41-37-17-6-7-18-38(37)42(43-39(41)25-24-34-27-40(34)43)36-19-9-13-30-12-4-5-16-35(30)36/h1-26,34,40H,27H2. The lowest BCUT2D eigenvalue weighted by molar-refractivity contribution is 1.00. The molecule has 0 N–H and O–H groups in total. The minimum absolute atomic E-state index is 0.595. The zero-order valence-corrected chi connectivity index (χ0v) is 23.9. The molecule has 43 heavy (non-hydrogen) atoms. The summed E-state index contributed by atoms with van der Waals surface area (Å²) in [6, 6.07) is 53.5. The van der Waals surface area contributed by atoms with Crippen LogP contribution in [-0.4, -0.2) is 0 Å². The minimum Gasteiger partial charge on any atom is -0.0802 e. The average molecular weight is 547 g/mol. The molecule has 0 nitrogen and oxygen atoms in total. The van der Waals surface area contributed by atoms with Crippen molar-refractivity contribution in [3.05, 3.63) is 163 Å². The van der Waals surface area contributed by atoms with Crippen LogP contribution in [0.4, 0.5) is 0 Å². The second-order valence-electron chi connectivity index (χ2n) is 12.0. The maximum Gasteiger partial charge on any atom is -0.00296 e. The zero-order valence-electron chi connectivity index (χ0n) is 23.9. The molecule has 0 heteroatoms. The molecule has 0 aliphatic heterocycles. The summed E-state index contributed by atoms with van der Waals surface area (Å²) in [5.74, 6) is 1.26. The van der Waals surface area contributed by atoms with Gasteiger partial charge in [0.25, 0.3) is 0 Å². The highest BCUT2D eigenvalue weighted by Gasteiger charge is 2.42. The van der Waals surface area contributed by atoms with Gasteiger partial charge >= 0.3 is 0 Å². The van der Waals surface area contributed by atoms with Crippen LogP contribution in [0.1, 0.15) is 23.5 Å². The maximum atomic E-state index is 2.46. The number of fused-ring (bicyclic) bond motifs is 5. The van der Waals surface area contributed by atoms with Crippen molar-refractivity contribution >= 4 is 27.6 Å². The molecule has 0 saturated heterocycles. The highest BCUT2D eigenvalue weighted by molar-refractivity contribution is 6.14. The number of hydrogen-bond donors (Lipinski definition) is 0. The Morgan fingerprint density at radius 3 is 1.81 bits per heavy atom. The van der Waals surface area contributed by atoms with Gasteiger partial charge in [-0.15, -0.1) is 0 Å². The van der Waals surface area contributed by atoms with Crippen molar-refractivity contribution in [2.24, 2.45) is 5.92 Å². The molecule has 2 unspecified atom stereocenters. The van der Waals surface area contributed by atoms with Crippen LogP contribution >= 0.6 is 0 Å². The van der Waals surface area contributed by atoms with Crippen LogP contribution in [0.5, 0.6) is 0 Å². The lowest BCUT2D eigenvalue weighted by Crippen LogP contribution is -2.02. The van der Waals surface area contributed by atoms with Crippen molar-refractivity contribution in [1.82, 2.24) is 0 Å². The molecule has 0 bridgehead atoms. The summed E-state index contributed by atoms with van der Waals surface area (Å²) in [5, 5.41) is 5.31. The third-order valence-electron chi connectivity index (χ3n) is 9.55. The van der Waals surface area contributed by atoms with E-state index in [1.54, 1.807) is 0 Å². The first-order valence-corrected chi connectivity index (χ1v) is 15.3. The Hall–Kier alpha value is -5.20. The van der Waals surface area contributed by atoms with Crippen LogP contribution in [0.2, 0.25) is 0 Å². The fourth-order valence-electron chi connectivity index (χ4n) is 7.40. The number of benzene rings is 7. The third kappa shape index (κ3) is 3.98. The first-order valence-electron chi connectivity index (χ1n) is 15.3. The Morgan fingerprint density at radius 2 is 1.02 bits per heavy atom. The number of hydrogen-bond acceptors (Lipinski definition) is 0. The molecule has 0 spiro atoms. The van der Waals surface area contributed by atoms with Gasteiger partial charge in [-0.05, 0) is 102 Å². The van der Waals surface area contributed by atoms with Gasteiger partial charge in [-0.1, -0.05) is 152 Å². The SMILES string of the molecule is C1=CC2CC2c2c1c(-c1ccc(-c3cccc(-c4ccccc4)c3)cc1)c1ccccc1c2-c1cccc2ccccc12. The highest BCUT2D eigenvalue weighted by atomic mass is 14.5. The fraction of sp³-hybridized carbons (Fsp3) is 0.0698. The molecule has 1 saturated carbocycles. The monoisotopic (exact) mass is 546 g/mol. The predicted molar refractivity (Wildman–Crippen MR) is 183 cm³/mol. The summed E-state index contributed by atoms with van der Waals surface area (Å²) in [7, 11) is 0. The molecule has 7 aromatic carbocycles. The Labute approximate surface area is 252 Å². The fourth-order valence-corrected chi connectivity index (χ4v) is 7.40. The van der Waals surface area contributed by atoms with Crippen molar-refractivity contribution in [3.8, 4) is 44.5 Å². The average Bonchev–Trinajstić information content (AvgIpc) is 3.88. The molecule has 0 heterocycles. The molecule has 0 aromatic heterocycles. The van der Waals surface area contributed by atoms with Gasteiger partial charge in [0.2, 0.25) is 0 Å². The van der Waals surface area contributed by atoms with Crippen LogP contribution in [0, 0.1) is 5.92 Å². The van der Waals surface area contributed by atoms with Gasteiger partial charge in [0, 0.05) is 0 Å². The first-order chi connectivity index (χ1) is 21.3. The number of allylic oxidation sites excluding steroid dienone is 1. The minimum atomic E-state index is 0.595. The van der Waals surface area contributed by atoms with Crippen LogP contribution in [0.15, 0.2) is 152 Å². The van der Waals surface area contributed by atoms with E-state index < -0.39 is 0 Å². The normalized spacial score (nSPS) is 16.7. The van der Waals surface area contributed by atoms with Crippen molar-refractivity contribution < 1.29 is 0 Å². The van der Waals surface area contributed by atoms with Gasteiger partial charge in [0.15, 0.2) is 0 Å².